The van der Waals surface area contributed by atoms with E-state index in [-0.39, 0.29) is 0 Å². The third-order valence-electron chi connectivity index (χ3n) is 2.57. The van der Waals surface area contributed by atoms with Crippen molar-refractivity contribution in [2.45, 2.75) is 20.8 Å². The van der Waals surface area contributed by atoms with Crippen molar-refractivity contribution in [1.82, 2.24) is 9.97 Å². The molecule has 84 valence electrons. The van der Waals surface area contributed by atoms with Crippen LogP contribution >= 0.6 is 67.8 Å². The van der Waals surface area contributed by atoms with E-state index in [1.54, 1.807) is 0 Å². The van der Waals surface area contributed by atoms with Crippen molar-refractivity contribution in [2.24, 2.45) is 0 Å². The molecule has 0 unspecified atom stereocenters. The van der Waals surface area contributed by atoms with Crippen LogP contribution in [0, 0.1) is 31.6 Å². The maximum absolute atomic E-state index is 4.66. The molecule has 5 heteroatoms. The molecule has 2 aromatic rings. The number of rotatable bonds is 0. The van der Waals surface area contributed by atoms with Crippen molar-refractivity contribution < 1.29 is 0 Å². The van der Waals surface area contributed by atoms with Gasteiger partial charge in [0.05, 0.1) is 16.7 Å². The second kappa shape index (κ2) is 4.79. The molecule has 0 spiro atoms. The van der Waals surface area contributed by atoms with E-state index in [1.807, 2.05) is 6.92 Å². The van der Waals surface area contributed by atoms with Crippen molar-refractivity contribution >= 4 is 78.8 Å². The van der Waals surface area contributed by atoms with Gasteiger partial charge >= 0.3 is 0 Å². The smallest absolute Gasteiger partial charge is 0.123 e. The Morgan fingerprint density at radius 2 is 1.19 bits per heavy atom. The SMILES string of the molecule is Cc1nc2c(C)c(I)c(I)c(C)c2nc1I. The summed E-state index contributed by atoms with van der Waals surface area (Å²) in [5, 5.41) is 0. The lowest BCUT2D eigenvalue weighted by atomic mass is 10.1. The fourth-order valence-corrected chi connectivity index (χ4v) is 3.24. The van der Waals surface area contributed by atoms with Crippen LogP contribution in [0.15, 0.2) is 0 Å². The first-order valence-electron chi connectivity index (χ1n) is 4.71. The van der Waals surface area contributed by atoms with Crippen LogP contribution in [0.5, 0.6) is 0 Å². The molecule has 0 N–H and O–H groups in total. The molecular weight excluding hydrogens is 541 g/mol. The van der Waals surface area contributed by atoms with Gasteiger partial charge in [-0.3, -0.25) is 0 Å². The molecule has 1 aromatic carbocycles. The Labute approximate surface area is 135 Å². The van der Waals surface area contributed by atoms with Crippen LogP contribution in [-0.4, -0.2) is 9.97 Å². The average molecular weight is 550 g/mol. The molecule has 0 fully saturated rings. The van der Waals surface area contributed by atoms with Gasteiger partial charge in [0, 0.05) is 7.14 Å². The van der Waals surface area contributed by atoms with Gasteiger partial charge in [-0.15, -0.1) is 0 Å². The van der Waals surface area contributed by atoms with Crippen molar-refractivity contribution in [1.29, 1.82) is 0 Å². The molecule has 1 aromatic heterocycles. The Kier molecular flexibility index (Phi) is 3.95. The summed E-state index contributed by atoms with van der Waals surface area (Å²) in [5.41, 5.74) is 5.55. The van der Waals surface area contributed by atoms with Gasteiger partial charge in [0.25, 0.3) is 0 Å². The molecular formula is C11H9I3N2. The number of hydrogen-bond donors (Lipinski definition) is 0. The Morgan fingerprint density at radius 3 is 1.69 bits per heavy atom. The molecule has 0 atom stereocenters. The van der Waals surface area contributed by atoms with E-state index in [1.165, 1.54) is 18.3 Å². The Hall–Kier alpha value is 0.750. The molecule has 0 saturated carbocycles. The first-order valence-corrected chi connectivity index (χ1v) is 7.95. The third kappa shape index (κ3) is 2.06. The van der Waals surface area contributed by atoms with Gasteiger partial charge in [-0.1, -0.05) is 0 Å². The van der Waals surface area contributed by atoms with Gasteiger partial charge in [0.1, 0.15) is 3.70 Å². The lowest BCUT2D eigenvalue weighted by Crippen LogP contribution is -2.01. The van der Waals surface area contributed by atoms with Gasteiger partial charge in [-0.2, -0.15) is 0 Å². The van der Waals surface area contributed by atoms with Gasteiger partial charge in [0.2, 0.25) is 0 Å². The van der Waals surface area contributed by atoms with E-state index < -0.39 is 0 Å². The maximum atomic E-state index is 4.66. The van der Waals surface area contributed by atoms with E-state index in [4.69, 9.17) is 0 Å². The predicted molar refractivity (Wildman–Crippen MR) is 91.9 cm³/mol. The maximum Gasteiger partial charge on any atom is 0.123 e. The highest BCUT2D eigenvalue weighted by atomic mass is 127. The van der Waals surface area contributed by atoms with E-state index >= 15 is 0 Å². The molecule has 0 saturated heterocycles. The summed E-state index contributed by atoms with van der Waals surface area (Å²) in [5.74, 6) is 0. The molecule has 0 amide bonds. The van der Waals surface area contributed by atoms with Gasteiger partial charge < -0.3 is 0 Å². The van der Waals surface area contributed by atoms with Gasteiger partial charge in [-0.25, -0.2) is 9.97 Å². The largest absolute Gasteiger partial charge is 0.248 e. The van der Waals surface area contributed by atoms with E-state index in [0.717, 1.165) is 20.4 Å². The summed E-state index contributed by atoms with van der Waals surface area (Å²) < 4.78 is 3.57. The third-order valence-corrected chi connectivity index (χ3v) is 7.32. The molecule has 2 rings (SSSR count). The zero-order valence-corrected chi connectivity index (χ0v) is 15.5. The minimum atomic E-state index is 0.990. The highest BCUT2D eigenvalue weighted by Crippen LogP contribution is 2.30. The first kappa shape index (κ1) is 13.2. The van der Waals surface area contributed by atoms with Crippen LogP contribution in [0.3, 0.4) is 0 Å². The number of benzene rings is 1. The van der Waals surface area contributed by atoms with Crippen LogP contribution in [-0.2, 0) is 0 Å². The highest BCUT2D eigenvalue weighted by molar-refractivity contribution is 14.1. The molecule has 0 radical (unpaired) electrons. The summed E-state index contributed by atoms with van der Waals surface area (Å²) in [6.45, 7) is 6.24. The minimum Gasteiger partial charge on any atom is -0.248 e. The number of aryl methyl sites for hydroxylation is 3. The summed E-state index contributed by atoms with van der Waals surface area (Å²) in [4.78, 5) is 9.31. The second-order valence-electron chi connectivity index (χ2n) is 3.68. The predicted octanol–water partition coefficient (Wildman–Crippen LogP) is 4.37. The fraction of sp³-hybridized carbons (Fsp3) is 0.273. The lowest BCUT2D eigenvalue weighted by Gasteiger charge is -2.11. The molecule has 16 heavy (non-hydrogen) atoms. The second-order valence-corrected chi connectivity index (χ2v) is 6.85. The standard InChI is InChI=1S/C11H9I3N2/c1-4-7(12)8(13)5(2)10-9(4)15-6(3)11(14)16-10/h1-3H3. The van der Waals surface area contributed by atoms with Crippen LogP contribution in [0.4, 0.5) is 0 Å². The van der Waals surface area contributed by atoms with Crippen LogP contribution < -0.4 is 0 Å². The van der Waals surface area contributed by atoms with Crippen molar-refractivity contribution in [2.75, 3.05) is 0 Å². The van der Waals surface area contributed by atoms with Crippen LogP contribution in [0.1, 0.15) is 16.8 Å². The van der Waals surface area contributed by atoms with E-state index in [9.17, 15) is 0 Å². The average Bonchev–Trinajstić information content (AvgIpc) is 2.26. The zero-order valence-electron chi connectivity index (χ0n) is 9.03. The fourth-order valence-electron chi connectivity index (χ4n) is 1.56. The Balaban J connectivity index is 3.02. The number of hydrogen-bond acceptors (Lipinski definition) is 2. The lowest BCUT2D eigenvalue weighted by molar-refractivity contribution is 1.12. The Morgan fingerprint density at radius 1 is 0.750 bits per heavy atom. The van der Waals surface area contributed by atoms with Crippen molar-refractivity contribution in [3.8, 4) is 0 Å². The highest BCUT2D eigenvalue weighted by Gasteiger charge is 2.14. The summed E-state index contributed by atoms with van der Waals surface area (Å²) in [6.07, 6.45) is 0. The minimum absolute atomic E-state index is 0.990. The quantitative estimate of drug-likeness (QED) is 0.456. The van der Waals surface area contributed by atoms with Crippen molar-refractivity contribution in [3.05, 3.63) is 27.7 Å². The van der Waals surface area contributed by atoms with E-state index in [2.05, 4.69) is 91.6 Å². The molecule has 2 nitrogen and oxygen atoms in total. The number of halogens is 3. The van der Waals surface area contributed by atoms with Crippen molar-refractivity contribution in [3.63, 3.8) is 0 Å². The molecule has 0 aliphatic carbocycles. The Bertz CT molecular complexity index is 541. The monoisotopic (exact) mass is 550 g/mol. The zero-order chi connectivity index (χ0) is 12.0. The summed E-state index contributed by atoms with van der Waals surface area (Å²) >= 11 is 7.01. The molecule has 1 heterocycles. The van der Waals surface area contributed by atoms with Crippen LogP contribution in [0.25, 0.3) is 11.0 Å². The number of aromatic nitrogens is 2. The summed E-state index contributed by atoms with van der Waals surface area (Å²) in [6, 6.07) is 0. The van der Waals surface area contributed by atoms with Gasteiger partial charge in [0.15, 0.2) is 0 Å². The molecule has 0 bridgehead atoms. The van der Waals surface area contributed by atoms with E-state index in [0.29, 0.717) is 0 Å². The first-order chi connectivity index (χ1) is 7.43. The molecule has 0 aliphatic rings. The summed E-state index contributed by atoms with van der Waals surface area (Å²) in [7, 11) is 0. The van der Waals surface area contributed by atoms with Gasteiger partial charge in [-0.05, 0) is 99.7 Å². The topological polar surface area (TPSA) is 25.8 Å². The number of nitrogens with zero attached hydrogens (tertiary/aromatic N) is 2. The van der Waals surface area contributed by atoms with Crippen LogP contribution in [0.2, 0.25) is 0 Å². The molecule has 0 aliphatic heterocycles. The number of fused-ring (bicyclic) bond motifs is 1. The normalized spacial score (nSPS) is 11.1.